The van der Waals surface area contributed by atoms with Gasteiger partial charge in [0.05, 0.1) is 0 Å². The monoisotopic (exact) mass is 389 g/mol. The van der Waals surface area contributed by atoms with Crippen molar-refractivity contribution in [3.63, 3.8) is 0 Å². The molecule has 3 aromatic rings. The maximum atomic E-state index is 12.0. The minimum atomic E-state index is -2.25. The Kier molecular flexibility index (Phi) is 5.74. The van der Waals surface area contributed by atoms with Gasteiger partial charge in [-0.15, -0.1) is 0 Å². The van der Waals surface area contributed by atoms with Gasteiger partial charge in [0, 0.05) is 17.7 Å². The molecule has 0 saturated heterocycles. The fraction of sp³-hybridized carbons (Fsp3) is 0.0870. The number of carboxylic acids is 2. The van der Waals surface area contributed by atoms with E-state index in [2.05, 4.69) is 5.32 Å². The van der Waals surface area contributed by atoms with Crippen LogP contribution in [0.5, 0.6) is 0 Å². The number of benzene rings is 3. The van der Waals surface area contributed by atoms with E-state index in [1.807, 2.05) is 42.5 Å². The summed E-state index contributed by atoms with van der Waals surface area (Å²) in [7, 11) is 0. The molecule has 0 aliphatic heterocycles. The van der Waals surface area contributed by atoms with Crippen molar-refractivity contribution in [2.45, 2.75) is 12.0 Å². The molecule has 6 nitrogen and oxygen atoms in total. The van der Waals surface area contributed by atoms with Gasteiger partial charge in [-0.05, 0) is 41.0 Å². The molecule has 0 spiro atoms. The highest BCUT2D eigenvalue weighted by atomic mass is 16.4. The van der Waals surface area contributed by atoms with Crippen LogP contribution in [0.15, 0.2) is 78.9 Å². The molecule has 6 heteroatoms. The average Bonchev–Trinajstić information content (AvgIpc) is 2.74. The van der Waals surface area contributed by atoms with E-state index < -0.39 is 17.5 Å². The molecule has 0 atom stereocenters. The van der Waals surface area contributed by atoms with Crippen molar-refractivity contribution in [3.8, 4) is 11.1 Å². The van der Waals surface area contributed by atoms with E-state index in [1.165, 1.54) is 24.3 Å². The molecule has 0 unspecified atom stereocenters. The first-order valence-electron chi connectivity index (χ1n) is 8.89. The van der Waals surface area contributed by atoms with Gasteiger partial charge in [-0.3, -0.25) is 4.79 Å². The van der Waals surface area contributed by atoms with Gasteiger partial charge >= 0.3 is 11.9 Å². The van der Waals surface area contributed by atoms with Crippen LogP contribution in [0.1, 0.15) is 15.9 Å². The van der Waals surface area contributed by atoms with Crippen LogP contribution in [0.25, 0.3) is 11.1 Å². The fourth-order valence-electron chi connectivity index (χ4n) is 3.04. The molecular weight excluding hydrogens is 370 g/mol. The number of hydrogen-bond donors (Lipinski definition) is 3. The summed E-state index contributed by atoms with van der Waals surface area (Å²) in [5.74, 6) is -3.01. The highest BCUT2D eigenvalue weighted by Gasteiger charge is 2.47. The van der Waals surface area contributed by atoms with Crippen LogP contribution in [0.3, 0.4) is 0 Å². The lowest BCUT2D eigenvalue weighted by atomic mass is 9.89. The molecule has 0 aromatic heterocycles. The van der Waals surface area contributed by atoms with E-state index in [1.54, 1.807) is 12.1 Å². The third-order valence-electron chi connectivity index (χ3n) is 4.67. The first-order valence-corrected chi connectivity index (χ1v) is 8.89. The zero-order valence-corrected chi connectivity index (χ0v) is 15.4. The predicted molar refractivity (Wildman–Crippen MR) is 109 cm³/mol. The highest BCUT2D eigenvalue weighted by Crippen LogP contribution is 2.25. The van der Waals surface area contributed by atoms with Crippen LogP contribution < -0.4 is 5.32 Å². The Morgan fingerprint density at radius 2 is 1.34 bits per heavy atom. The Labute approximate surface area is 167 Å². The van der Waals surface area contributed by atoms with E-state index in [0.29, 0.717) is 23.1 Å². The zero-order valence-electron chi connectivity index (χ0n) is 15.4. The third kappa shape index (κ3) is 4.32. The molecule has 29 heavy (non-hydrogen) atoms. The Balaban J connectivity index is 1.89. The topological polar surface area (TPSA) is 104 Å². The SMILES string of the molecule is O=Cc1ccc(NC(Cc2ccc(-c3ccccc3)cc2)(C(=O)O)C(=O)O)cc1. The lowest BCUT2D eigenvalue weighted by Crippen LogP contribution is -2.55. The first-order chi connectivity index (χ1) is 13.9. The summed E-state index contributed by atoms with van der Waals surface area (Å²) in [5, 5.41) is 22.1. The maximum absolute atomic E-state index is 12.0. The first kappa shape index (κ1) is 19.8. The number of aldehydes is 1. The molecule has 146 valence electrons. The summed E-state index contributed by atoms with van der Waals surface area (Å²) >= 11 is 0. The Morgan fingerprint density at radius 1 is 0.793 bits per heavy atom. The number of rotatable bonds is 8. The molecule has 0 fully saturated rings. The molecule has 0 amide bonds. The second kappa shape index (κ2) is 8.39. The highest BCUT2D eigenvalue weighted by molar-refractivity contribution is 6.06. The van der Waals surface area contributed by atoms with Crippen LogP contribution in [0.2, 0.25) is 0 Å². The second-order valence-corrected chi connectivity index (χ2v) is 6.62. The standard InChI is InChI=1S/C23H19NO5/c25-15-17-8-12-20(13-9-17)24-23(21(26)27,22(28)29)14-16-6-10-19(11-7-16)18-4-2-1-3-5-18/h1-13,15,24H,14H2,(H,26,27)(H,28,29). The van der Waals surface area contributed by atoms with Crippen molar-refractivity contribution in [3.05, 3.63) is 90.0 Å². The number of anilines is 1. The number of carbonyl (C=O) groups excluding carboxylic acids is 1. The number of aliphatic carboxylic acids is 2. The zero-order chi connectivity index (χ0) is 20.9. The molecule has 0 aliphatic carbocycles. The normalized spacial score (nSPS) is 10.9. The lowest BCUT2D eigenvalue weighted by Gasteiger charge is -2.27. The van der Waals surface area contributed by atoms with Crippen LogP contribution in [0.4, 0.5) is 5.69 Å². The molecule has 0 aliphatic rings. The fourth-order valence-corrected chi connectivity index (χ4v) is 3.04. The van der Waals surface area contributed by atoms with Gasteiger partial charge in [-0.2, -0.15) is 0 Å². The van der Waals surface area contributed by atoms with Crippen LogP contribution in [-0.2, 0) is 16.0 Å². The van der Waals surface area contributed by atoms with Gasteiger partial charge in [0.15, 0.2) is 0 Å². The van der Waals surface area contributed by atoms with Gasteiger partial charge in [0.1, 0.15) is 6.29 Å². The molecule has 0 radical (unpaired) electrons. The van der Waals surface area contributed by atoms with Crippen molar-refractivity contribution in [1.29, 1.82) is 0 Å². The number of carboxylic acid groups (broad SMARTS) is 2. The van der Waals surface area contributed by atoms with E-state index in [4.69, 9.17) is 0 Å². The number of hydrogen-bond acceptors (Lipinski definition) is 4. The van der Waals surface area contributed by atoms with Crippen LogP contribution in [0, 0.1) is 0 Å². The van der Waals surface area contributed by atoms with Gasteiger partial charge in [0.2, 0.25) is 5.54 Å². The summed E-state index contributed by atoms with van der Waals surface area (Å²) in [4.78, 5) is 34.7. The second-order valence-electron chi connectivity index (χ2n) is 6.62. The Hall–Kier alpha value is -3.93. The minimum absolute atomic E-state index is 0.262. The van der Waals surface area contributed by atoms with E-state index >= 15 is 0 Å². The number of carbonyl (C=O) groups is 3. The van der Waals surface area contributed by atoms with Crippen molar-refractivity contribution < 1.29 is 24.6 Å². The lowest BCUT2D eigenvalue weighted by molar-refractivity contribution is -0.155. The molecule has 3 N–H and O–H groups in total. The largest absolute Gasteiger partial charge is 0.479 e. The van der Waals surface area contributed by atoms with E-state index in [0.717, 1.165) is 11.1 Å². The van der Waals surface area contributed by atoms with Crippen molar-refractivity contribution in [1.82, 2.24) is 0 Å². The average molecular weight is 389 g/mol. The molecule has 0 saturated carbocycles. The smallest absolute Gasteiger partial charge is 0.341 e. The quantitative estimate of drug-likeness (QED) is 0.401. The maximum Gasteiger partial charge on any atom is 0.341 e. The van der Waals surface area contributed by atoms with Gasteiger partial charge < -0.3 is 15.5 Å². The van der Waals surface area contributed by atoms with Gasteiger partial charge in [-0.25, -0.2) is 9.59 Å². The van der Waals surface area contributed by atoms with E-state index in [9.17, 15) is 24.6 Å². The summed E-state index contributed by atoms with van der Waals surface area (Å²) < 4.78 is 0. The molecule has 3 rings (SSSR count). The minimum Gasteiger partial charge on any atom is -0.479 e. The summed E-state index contributed by atoms with van der Waals surface area (Å²) in [6.45, 7) is 0. The van der Waals surface area contributed by atoms with Crippen molar-refractivity contribution >= 4 is 23.9 Å². The molecular formula is C23H19NO5. The Bertz CT molecular complexity index is 997. The summed E-state index contributed by atoms with van der Waals surface area (Å²) in [6, 6.07) is 22.7. The Morgan fingerprint density at radius 3 is 1.86 bits per heavy atom. The van der Waals surface area contributed by atoms with Crippen molar-refractivity contribution in [2.75, 3.05) is 5.32 Å². The predicted octanol–water partition coefficient (Wildman–Crippen LogP) is 3.73. The summed E-state index contributed by atoms with van der Waals surface area (Å²) in [6.07, 6.45) is 0.391. The molecule has 0 heterocycles. The van der Waals surface area contributed by atoms with E-state index in [-0.39, 0.29) is 6.42 Å². The van der Waals surface area contributed by atoms with Crippen molar-refractivity contribution in [2.24, 2.45) is 0 Å². The van der Waals surface area contributed by atoms with Gasteiger partial charge in [0.25, 0.3) is 0 Å². The van der Waals surface area contributed by atoms with Gasteiger partial charge in [-0.1, -0.05) is 54.6 Å². The number of nitrogens with one attached hydrogen (secondary N) is 1. The third-order valence-corrected chi connectivity index (χ3v) is 4.67. The summed E-state index contributed by atoms with van der Waals surface area (Å²) in [5.41, 5.74) is 0.964. The molecule has 0 bridgehead atoms. The van der Waals surface area contributed by atoms with Crippen LogP contribution in [-0.4, -0.2) is 34.0 Å². The van der Waals surface area contributed by atoms with Crippen LogP contribution >= 0.6 is 0 Å². The molecule has 3 aromatic carbocycles.